The van der Waals surface area contributed by atoms with E-state index >= 15 is 0 Å². The van der Waals surface area contributed by atoms with Crippen molar-refractivity contribution in [1.29, 1.82) is 0 Å². The number of ether oxygens (including phenoxy) is 1. The van der Waals surface area contributed by atoms with Crippen molar-refractivity contribution in [1.82, 2.24) is 9.03 Å². The van der Waals surface area contributed by atoms with Crippen LogP contribution in [0.3, 0.4) is 0 Å². The first-order chi connectivity index (χ1) is 13.7. The number of nitrogens with one attached hydrogen (secondary N) is 1. The van der Waals surface area contributed by atoms with E-state index in [1.807, 2.05) is 0 Å². The lowest BCUT2D eigenvalue weighted by Gasteiger charge is -2.18. The molecule has 2 aromatic rings. The van der Waals surface area contributed by atoms with Crippen LogP contribution in [-0.2, 0) is 26.5 Å². The molecule has 0 fully saturated rings. The minimum absolute atomic E-state index is 0.177. The SMILES string of the molecule is CCN(CC)S(=O)(=O)c1ccc(CCNS(=O)(=O)c2ccc(OC)c(C)c2)cc1. The minimum Gasteiger partial charge on any atom is -0.496 e. The van der Waals surface area contributed by atoms with Gasteiger partial charge >= 0.3 is 0 Å². The van der Waals surface area contributed by atoms with Crippen molar-refractivity contribution in [2.75, 3.05) is 26.7 Å². The number of hydrogen-bond donors (Lipinski definition) is 1. The topological polar surface area (TPSA) is 92.8 Å². The summed E-state index contributed by atoms with van der Waals surface area (Å²) >= 11 is 0. The second kappa shape index (κ2) is 9.71. The predicted molar refractivity (Wildman–Crippen MR) is 113 cm³/mol. The third-order valence-electron chi connectivity index (χ3n) is 4.65. The number of sulfonamides is 2. The van der Waals surface area contributed by atoms with E-state index in [1.54, 1.807) is 57.2 Å². The average molecular weight is 441 g/mol. The van der Waals surface area contributed by atoms with Gasteiger partial charge in [-0.2, -0.15) is 4.31 Å². The van der Waals surface area contributed by atoms with Gasteiger partial charge in [-0.15, -0.1) is 0 Å². The van der Waals surface area contributed by atoms with E-state index in [2.05, 4.69) is 4.72 Å². The van der Waals surface area contributed by atoms with E-state index in [9.17, 15) is 16.8 Å². The van der Waals surface area contributed by atoms with Crippen LogP contribution < -0.4 is 9.46 Å². The summed E-state index contributed by atoms with van der Waals surface area (Å²) < 4.78 is 59.1. The Balaban J connectivity index is 2.03. The molecule has 160 valence electrons. The van der Waals surface area contributed by atoms with Gasteiger partial charge in [0.05, 0.1) is 16.9 Å². The largest absolute Gasteiger partial charge is 0.496 e. The fourth-order valence-electron chi connectivity index (χ4n) is 2.97. The number of rotatable bonds is 10. The Hall–Kier alpha value is -1.94. The maximum Gasteiger partial charge on any atom is 0.243 e. The molecule has 0 aromatic heterocycles. The predicted octanol–water partition coefficient (Wildman–Crippen LogP) is 2.56. The summed E-state index contributed by atoms with van der Waals surface area (Å²) in [5.41, 5.74) is 1.58. The van der Waals surface area contributed by atoms with Gasteiger partial charge in [0, 0.05) is 19.6 Å². The van der Waals surface area contributed by atoms with E-state index in [1.165, 1.54) is 17.5 Å². The Labute approximate surface area is 173 Å². The zero-order valence-electron chi connectivity index (χ0n) is 17.2. The van der Waals surface area contributed by atoms with Gasteiger partial charge in [-0.05, 0) is 54.8 Å². The van der Waals surface area contributed by atoms with Crippen LogP contribution in [0.2, 0.25) is 0 Å². The van der Waals surface area contributed by atoms with Crippen molar-refractivity contribution < 1.29 is 21.6 Å². The summed E-state index contributed by atoms with van der Waals surface area (Å²) in [4.78, 5) is 0.413. The van der Waals surface area contributed by atoms with E-state index in [4.69, 9.17) is 4.74 Å². The molecule has 0 spiro atoms. The molecule has 2 aromatic carbocycles. The lowest BCUT2D eigenvalue weighted by atomic mass is 10.2. The van der Waals surface area contributed by atoms with Crippen LogP contribution in [0.5, 0.6) is 5.75 Å². The van der Waals surface area contributed by atoms with Crippen LogP contribution >= 0.6 is 0 Å². The molecule has 0 aliphatic rings. The lowest BCUT2D eigenvalue weighted by Crippen LogP contribution is -2.30. The molecule has 0 radical (unpaired) electrons. The van der Waals surface area contributed by atoms with Gasteiger partial charge in [-0.3, -0.25) is 0 Å². The molecule has 0 saturated carbocycles. The molecule has 1 N–H and O–H groups in total. The standard InChI is InChI=1S/C20H28N2O5S2/c1-5-22(6-2)29(25,26)18-9-7-17(8-10-18)13-14-21-28(23,24)19-11-12-20(27-4)16(3)15-19/h7-12,15,21H,5-6,13-14H2,1-4H3. The van der Waals surface area contributed by atoms with E-state index in [0.29, 0.717) is 25.3 Å². The van der Waals surface area contributed by atoms with Gasteiger partial charge in [0.1, 0.15) is 5.75 Å². The van der Waals surface area contributed by atoms with Crippen LogP contribution in [0.15, 0.2) is 52.3 Å². The van der Waals surface area contributed by atoms with Crippen LogP contribution in [0.25, 0.3) is 0 Å². The maximum atomic E-state index is 12.5. The summed E-state index contributed by atoms with van der Waals surface area (Å²) in [5.74, 6) is 0.628. The molecule has 0 unspecified atom stereocenters. The quantitative estimate of drug-likeness (QED) is 0.613. The summed E-state index contributed by atoms with van der Waals surface area (Å²) in [7, 11) is -5.60. The van der Waals surface area contributed by atoms with Crippen LogP contribution in [0.4, 0.5) is 0 Å². The highest BCUT2D eigenvalue weighted by Crippen LogP contribution is 2.21. The molecule has 0 saturated heterocycles. The van der Waals surface area contributed by atoms with Gasteiger partial charge in [0.15, 0.2) is 0 Å². The molecule has 9 heteroatoms. The highest BCUT2D eigenvalue weighted by atomic mass is 32.2. The third kappa shape index (κ3) is 5.57. The summed E-state index contributed by atoms with van der Waals surface area (Å²) in [6.45, 7) is 6.40. The molecular weight excluding hydrogens is 412 g/mol. The van der Waals surface area contributed by atoms with Crippen LogP contribution in [0.1, 0.15) is 25.0 Å². The van der Waals surface area contributed by atoms with Gasteiger partial charge in [0.25, 0.3) is 0 Å². The number of aryl methyl sites for hydroxylation is 1. The Morgan fingerprint density at radius 1 is 0.931 bits per heavy atom. The molecule has 0 bridgehead atoms. The molecular formula is C20H28N2O5S2. The number of nitrogens with zero attached hydrogens (tertiary/aromatic N) is 1. The highest BCUT2D eigenvalue weighted by molar-refractivity contribution is 7.89. The average Bonchev–Trinajstić information content (AvgIpc) is 2.69. The maximum absolute atomic E-state index is 12.5. The van der Waals surface area contributed by atoms with Crippen LogP contribution in [0, 0.1) is 6.92 Å². The smallest absolute Gasteiger partial charge is 0.243 e. The molecule has 2 rings (SSSR count). The van der Waals surface area contributed by atoms with Gasteiger partial charge in [-0.1, -0.05) is 26.0 Å². The van der Waals surface area contributed by atoms with Gasteiger partial charge in [-0.25, -0.2) is 21.6 Å². The minimum atomic E-state index is -3.64. The molecule has 7 nitrogen and oxygen atoms in total. The Morgan fingerprint density at radius 2 is 1.52 bits per heavy atom. The Kier molecular flexibility index (Phi) is 7.81. The van der Waals surface area contributed by atoms with E-state index < -0.39 is 20.0 Å². The summed E-state index contributed by atoms with van der Waals surface area (Å²) in [5, 5.41) is 0. The molecule has 0 atom stereocenters. The Bertz CT molecular complexity index is 1030. The zero-order chi connectivity index (χ0) is 21.7. The van der Waals surface area contributed by atoms with E-state index in [0.717, 1.165) is 11.1 Å². The van der Waals surface area contributed by atoms with Crippen LogP contribution in [-0.4, -0.2) is 47.9 Å². The summed E-state index contributed by atoms with van der Waals surface area (Å²) in [6, 6.07) is 11.2. The van der Waals surface area contributed by atoms with Crippen molar-refractivity contribution in [3.05, 3.63) is 53.6 Å². The second-order valence-electron chi connectivity index (χ2n) is 6.51. The van der Waals surface area contributed by atoms with Crippen molar-refractivity contribution in [3.63, 3.8) is 0 Å². The van der Waals surface area contributed by atoms with Crippen molar-refractivity contribution in [3.8, 4) is 5.75 Å². The molecule has 29 heavy (non-hydrogen) atoms. The third-order valence-corrected chi connectivity index (χ3v) is 8.17. The number of benzene rings is 2. The van der Waals surface area contributed by atoms with Crippen molar-refractivity contribution in [2.24, 2.45) is 0 Å². The zero-order valence-corrected chi connectivity index (χ0v) is 18.8. The number of hydrogen-bond acceptors (Lipinski definition) is 5. The fourth-order valence-corrected chi connectivity index (χ4v) is 5.55. The van der Waals surface area contributed by atoms with Gasteiger partial charge < -0.3 is 4.74 Å². The van der Waals surface area contributed by atoms with Gasteiger partial charge in [0.2, 0.25) is 20.0 Å². The van der Waals surface area contributed by atoms with Crippen molar-refractivity contribution >= 4 is 20.0 Å². The van der Waals surface area contributed by atoms with E-state index in [-0.39, 0.29) is 16.3 Å². The highest BCUT2D eigenvalue weighted by Gasteiger charge is 2.21. The lowest BCUT2D eigenvalue weighted by molar-refractivity contribution is 0.411. The molecule has 0 aliphatic heterocycles. The molecule has 0 heterocycles. The fraction of sp³-hybridized carbons (Fsp3) is 0.400. The molecule has 0 aliphatic carbocycles. The molecule has 0 amide bonds. The van der Waals surface area contributed by atoms with Crippen molar-refractivity contribution in [2.45, 2.75) is 37.0 Å². The summed E-state index contributed by atoms with van der Waals surface area (Å²) in [6.07, 6.45) is 0.444. The normalized spacial score (nSPS) is 12.3. The second-order valence-corrected chi connectivity index (χ2v) is 10.2. The first-order valence-electron chi connectivity index (χ1n) is 9.39. The Morgan fingerprint density at radius 3 is 2.03 bits per heavy atom. The first kappa shape index (κ1) is 23.3. The monoisotopic (exact) mass is 440 g/mol. The first-order valence-corrected chi connectivity index (χ1v) is 12.3. The number of methoxy groups -OCH3 is 1.